The van der Waals surface area contributed by atoms with Crippen LogP contribution in [0, 0.1) is 19.1 Å². The predicted molar refractivity (Wildman–Crippen MR) is 120 cm³/mol. The van der Waals surface area contributed by atoms with Crippen molar-refractivity contribution in [1.82, 2.24) is 20.3 Å². The fourth-order valence-corrected chi connectivity index (χ4v) is 4.80. The van der Waals surface area contributed by atoms with E-state index in [4.69, 9.17) is 0 Å². The minimum Gasteiger partial charge on any atom is -0.710 e. The van der Waals surface area contributed by atoms with Gasteiger partial charge in [-0.15, -0.1) is 0 Å². The number of carbonyl (C=O) groups is 1. The molecule has 4 heterocycles. The molecule has 5 rings (SSSR count). The molecule has 1 aliphatic heterocycles. The van der Waals surface area contributed by atoms with Crippen molar-refractivity contribution in [3.05, 3.63) is 64.4 Å². The van der Waals surface area contributed by atoms with Crippen molar-refractivity contribution >= 4 is 29.2 Å². The summed E-state index contributed by atoms with van der Waals surface area (Å²) in [4.78, 5) is 25.8. The van der Waals surface area contributed by atoms with E-state index in [2.05, 4.69) is 30.9 Å². The highest BCUT2D eigenvalue weighted by Crippen LogP contribution is 2.42. The van der Waals surface area contributed by atoms with E-state index in [1.165, 1.54) is 0 Å². The summed E-state index contributed by atoms with van der Waals surface area (Å²) in [6, 6.07) is 8.99. The monoisotopic (exact) mass is 431 g/mol. The van der Waals surface area contributed by atoms with Crippen LogP contribution in [0.25, 0.3) is 0 Å². The number of hydrogen-bond donors (Lipinski definition) is 3. The Bertz CT molecular complexity index is 1190. The van der Waals surface area contributed by atoms with Crippen LogP contribution in [0.5, 0.6) is 0 Å². The molecule has 9 heteroatoms. The SMILES string of the molecule is Cc1nc(Nc2ccccn2)cc(Nc2cc(C)c3c([n+]2[O-])C2(CCCCC2)NC3=O)n1. The number of nitrogens with one attached hydrogen (secondary N) is 3. The highest BCUT2D eigenvalue weighted by molar-refractivity contribution is 6.00. The number of hydrogen-bond acceptors (Lipinski definition) is 7. The Morgan fingerprint density at radius 2 is 1.78 bits per heavy atom. The average molecular weight is 432 g/mol. The Kier molecular flexibility index (Phi) is 4.88. The molecule has 1 amide bonds. The van der Waals surface area contributed by atoms with E-state index in [1.807, 2.05) is 25.1 Å². The molecule has 0 bridgehead atoms. The van der Waals surface area contributed by atoms with E-state index in [0.717, 1.165) is 42.4 Å². The molecule has 2 aliphatic rings. The van der Waals surface area contributed by atoms with Crippen molar-refractivity contribution in [1.29, 1.82) is 0 Å². The fourth-order valence-electron chi connectivity index (χ4n) is 4.80. The molecule has 3 N–H and O–H groups in total. The molecular weight excluding hydrogens is 406 g/mol. The van der Waals surface area contributed by atoms with E-state index >= 15 is 0 Å². The van der Waals surface area contributed by atoms with Crippen LogP contribution in [0.1, 0.15) is 59.5 Å². The van der Waals surface area contributed by atoms with Crippen molar-refractivity contribution in [2.24, 2.45) is 0 Å². The van der Waals surface area contributed by atoms with Crippen molar-refractivity contribution in [3.8, 4) is 0 Å². The highest BCUT2D eigenvalue weighted by Gasteiger charge is 2.48. The molecule has 1 saturated carbocycles. The van der Waals surface area contributed by atoms with Crippen LogP contribution in [0.15, 0.2) is 36.5 Å². The van der Waals surface area contributed by atoms with Crippen LogP contribution < -0.4 is 20.7 Å². The average Bonchev–Trinajstić information content (AvgIpc) is 3.04. The lowest BCUT2D eigenvalue weighted by Crippen LogP contribution is -2.49. The van der Waals surface area contributed by atoms with Crippen molar-refractivity contribution in [3.63, 3.8) is 0 Å². The van der Waals surface area contributed by atoms with Crippen LogP contribution in [0.3, 0.4) is 0 Å². The zero-order valence-electron chi connectivity index (χ0n) is 18.1. The second-order valence-corrected chi connectivity index (χ2v) is 8.48. The van der Waals surface area contributed by atoms with Gasteiger partial charge in [0.05, 0.1) is 5.56 Å². The first-order valence-electron chi connectivity index (χ1n) is 10.9. The van der Waals surface area contributed by atoms with Gasteiger partial charge in [-0.1, -0.05) is 25.3 Å². The molecule has 0 saturated heterocycles. The molecule has 32 heavy (non-hydrogen) atoms. The number of aromatic nitrogens is 4. The molecule has 1 aliphatic carbocycles. The van der Waals surface area contributed by atoms with E-state index in [9.17, 15) is 10.0 Å². The van der Waals surface area contributed by atoms with E-state index in [0.29, 0.717) is 40.4 Å². The Labute approximate surface area is 185 Å². The van der Waals surface area contributed by atoms with Gasteiger partial charge in [-0.05, 0) is 44.4 Å². The van der Waals surface area contributed by atoms with Gasteiger partial charge in [0.1, 0.15) is 28.7 Å². The van der Waals surface area contributed by atoms with Crippen LogP contribution in [0.4, 0.5) is 23.3 Å². The lowest BCUT2D eigenvalue weighted by molar-refractivity contribution is -0.603. The molecule has 9 nitrogen and oxygen atoms in total. The summed E-state index contributed by atoms with van der Waals surface area (Å²) in [6.45, 7) is 3.65. The van der Waals surface area contributed by atoms with Gasteiger partial charge in [-0.3, -0.25) is 4.79 Å². The summed E-state index contributed by atoms with van der Waals surface area (Å²) >= 11 is 0. The summed E-state index contributed by atoms with van der Waals surface area (Å²) in [7, 11) is 0. The van der Waals surface area contributed by atoms with Gasteiger partial charge < -0.3 is 15.8 Å². The number of aryl methyl sites for hydroxylation is 2. The maximum Gasteiger partial charge on any atom is 0.284 e. The van der Waals surface area contributed by atoms with Crippen LogP contribution in [-0.2, 0) is 5.54 Å². The number of rotatable bonds is 4. The van der Waals surface area contributed by atoms with E-state index < -0.39 is 5.54 Å². The first-order valence-corrected chi connectivity index (χ1v) is 10.9. The quantitative estimate of drug-likeness (QED) is 0.427. The Balaban J connectivity index is 1.51. The summed E-state index contributed by atoms with van der Waals surface area (Å²) in [5, 5.41) is 22.9. The number of amides is 1. The third-order valence-corrected chi connectivity index (χ3v) is 6.16. The van der Waals surface area contributed by atoms with Gasteiger partial charge in [-0.2, -0.15) is 4.98 Å². The highest BCUT2D eigenvalue weighted by atomic mass is 16.5. The molecule has 3 aromatic rings. The van der Waals surface area contributed by atoms with Gasteiger partial charge >= 0.3 is 0 Å². The van der Waals surface area contributed by atoms with Crippen molar-refractivity contribution in [2.75, 3.05) is 10.6 Å². The number of anilines is 4. The van der Waals surface area contributed by atoms with Crippen LogP contribution >= 0.6 is 0 Å². The van der Waals surface area contributed by atoms with Crippen molar-refractivity contribution in [2.45, 2.75) is 51.5 Å². The van der Waals surface area contributed by atoms with Gasteiger partial charge in [0.25, 0.3) is 11.7 Å². The van der Waals surface area contributed by atoms with E-state index in [1.54, 1.807) is 25.3 Å². The molecule has 0 aromatic carbocycles. The van der Waals surface area contributed by atoms with Gasteiger partial charge in [0.15, 0.2) is 0 Å². The summed E-state index contributed by atoms with van der Waals surface area (Å²) in [6.07, 6.45) is 6.35. The van der Waals surface area contributed by atoms with Crippen molar-refractivity contribution < 1.29 is 9.52 Å². The topological polar surface area (TPSA) is 119 Å². The molecule has 1 spiro atoms. The number of pyridine rings is 2. The molecule has 0 unspecified atom stereocenters. The Hall–Kier alpha value is -3.75. The maximum absolute atomic E-state index is 13.5. The minimum atomic E-state index is -0.581. The molecule has 0 atom stereocenters. The standard InChI is InChI=1S/C23H25N7O2/c1-14-12-19(30(32)21-20(14)22(31)29-23(21)9-5-3-6-10-23)28-18-13-17(25-15(2)26-18)27-16-8-4-7-11-24-16/h4,7-8,11-13H,3,5-6,9-10H2,1-2H3,(H,29,31)(H2,24,25,26,27,28). The van der Waals surface area contributed by atoms with E-state index in [-0.39, 0.29) is 5.91 Å². The second-order valence-electron chi connectivity index (χ2n) is 8.48. The first-order chi connectivity index (χ1) is 15.4. The normalized spacial score (nSPS) is 16.5. The first kappa shape index (κ1) is 20.2. The Morgan fingerprint density at radius 1 is 1.03 bits per heavy atom. The van der Waals surface area contributed by atoms with Crippen LogP contribution in [-0.4, -0.2) is 20.9 Å². The van der Waals surface area contributed by atoms with Crippen LogP contribution in [0.2, 0.25) is 0 Å². The van der Waals surface area contributed by atoms with Gasteiger partial charge in [-0.25, -0.2) is 20.0 Å². The lowest BCUT2D eigenvalue weighted by Gasteiger charge is -2.34. The zero-order chi connectivity index (χ0) is 22.3. The molecule has 3 aromatic heterocycles. The zero-order valence-corrected chi connectivity index (χ0v) is 18.1. The molecular formula is C23H25N7O2. The summed E-state index contributed by atoms with van der Waals surface area (Å²) in [5.74, 6) is 2.43. The lowest BCUT2D eigenvalue weighted by atomic mass is 9.79. The fraction of sp³-hybridized carbons (Fsp3) is 0.348. The Morgan fingerprint density at radius 3 is 2.50 bits per heavy atom. The maximum atomic E-state index is 13.5. The van der Waals surface area contributed by atoms with Gasteiger partial charge in [0, 0.05) is 18.3 Å². The summed E-state index contributed by atoms with van der Waals surface area (Å²) < 4.78 is 0.870. The smallest absolute Gasteiger partial charge is 0.284 e. The third-order valence-electron chi connectivity index (χ3n) is 6.16. The number of nitrogens with zero attached hydrogens (tertiary/aromatic N) is 4. The minimum absolute atomic E-state index is 0.157. The van der Waals surface area contributed by atoms with Gasteiger partial charge in [0.2, 0.25) is 5.82 Å². The number of fused-ring (bicyclic) bond motifs is 2. The predicted octanol–water partition coefficient (Wildman–Crippen LogP) is 3.51. The summed E-state index contributed by atoms with van der Waals surface area (Å²) in [5.41, 5.74) is 1.22. The number of carbonyl (C=O) groups excluding carboxylic acids is 1. The molecule has 1 fully saturated rings. The third kappa shape index (κ3) is 3.49. The molecule has 164 valence electrons. The largest absolute Gasteiger partial charge is 0.710 e. The second kappa shape index (κ2) is 7.74. The molecule has 0 radical (unpaired) electrons.